The van der Waals surface area contributed by atoms with Crippen LogP contribution in [-0.4, -0.2) is 46.0 Å². The molecule has 32 heavy (non-hydrogen) atoms. The molecule has 5 rings (SSSR count). The van der Waals surface area contributed by atoms with E-state index in [0.717, 1.165) is 51.4 Å². The number of piperidine rings is 1. The Balaban J connectivity index is 1.46. The van der Waals surface area contributed by atoms with Crippen LogP contribution in [0, 0.1) is 11.6 Å². The second-order valence-electron chi connectivity index (χ2n) is 9.23. The van der Waals surface area contributed by atoms with Gasteiger partial charge in [-0.15, -0.1) is 0 Å². The van der Waals surface area contributed by atoms with Crippen LogP contribution in [0.3, 0.4) is 0 Å². The fourth-order valence-electron chi connectivity index (χ4n) is 5.41. The first kappa shape index (κ1) is 21.1. The monoisotopic (exact) mass is 441 g/mol. The molecule has 2 aliphatic heterocycles. The average Bonchev–Trinajstić information content (AvgIpc) is 3.45. The number of hydrogen-bond acceptors (Lipinski definition) is 3. The average molecular weight is 442 g/mol. The Morgan fingerprint density at radius 1 is 1.12 bits per heavy atom. The van der Waals surface area contributed by atoms with Crippen molar-refractivity contribution in [2.24, 2.45) is 12.0 Å². The van der Waals surface area contributed by atoms with E-state index in [9.17, 15) is 13.6 Å². The number of aliphatic imine (C=N–C) groups is 1. The molecular formula is C24H29F2N5O. The number of halogens is 2. The highest BCUT2D eigenvalue weighted by Gasteiger charge is 2.53. The van der Waals surface area contributed by atoms with Crippen molar-refractivity contribution in [3.8, 4) is 0 Å². The molecule has 3 heterocycles. The van der Waals surface area contributed by atoms with Gasteiger partial charge in [0.05, 0.1) is 11.7 Å². The van der Waals surface area contributed by atoms with Crippen molar-refractivity contribution in [3.05, 3.63) is 53.9 Å². The van der Waals surface area contributed by atoms with Gasteiger partial charge in [0.15, 0.2) is 0 Å². The van der Waals surface area contributed by atoms with E-state index in [1.807, 2.05) is 19.3 Å². The van der Waals surface area contributed by atoms with Crippen LogP contribution in [0.2, 0.25) is 0 Å². The van der Waals surface area contributed by atoms with E-state index in [-0.39, 0.29) is 17.8 Å². The highest BCUT2D eigenvalue weighted by Crippen LogP contribution is 2.39. The van der Waals surface area contributed by atoms with Crippen LogP contribution in [0.1, 0.15) is 44.2 Å². The van der Waals surface area contributed by atoms with Crippen molar-refractivity contribution in [3.63, 3.8) is 0 Å². The number of aromatic nitrogens is 1. The van der Waals surface area contributed by atoms with E-state index in [1.165, 1.54) is 17.8 Å². The van der Waals surface area contributed by atoms with Gasteiger partial charge in [0.25, 0.3) is 0 Å². The number of anilines is 1. The molecule has 1 N–H and O–H groups in total. The Kier molecular flexibility index (Phi) is 5.49. The molecule has 1 aromatic carbocycles. The van der Waals surface area contributed by atoms with Gasteiger partial charge in [-0.3, -0.25) is 20.1 Å². The molecule has 8 heteroatoms. The Bertz CT molecular complexity index is 1010. The first-order valence-corrected chi connectivity index (χ1v) is 11.4. The Labute approximate surface area is 186 Å². The van der Waals surface area contributed by atoms with E-state index in [4.69, 9.17) is 4.99 Å². The molecule has 2 aromatic rings. The summed E-state index contributed by atoms with van der Waals surface area (Å²) in [5.41, 5.74) is 0.767. The summed E-state index contributed by atoms with van der Waals surface area (Å²) in [6.45, 7) is 2.35. The maximum Gasteiger partial charge on any atom is 0.328 e. The number of nitrogens with zero attached hydrogens (tertiary/aromatic N) is 4. The lowest BCUT2D eigenvalue weighted by molar-refractivity contribution is 0.181. The fourth-order valence-corrected chi connectivity index (χ4v) is 5.41. The maximum absolute atomic E-state index is 14.1. The van der Waals surface area contributed by atoms with Gasteiger partial charge in [0.1, 0.15) is 23.0 Å². The number of amides is 2. The summed E-state index contributed by atoms with van der Waals surface area (Å²) in [4.78, 5) is 22.0. The topological polar surface area (TPSA) is 52.9 Å². The molecule has 170 valence electrons. The summed E-state index contributed by atoms with van der Waals surface area (Å²) >= 11 is 0. The normalized spacial score (nSPS) is 22.9. The number of likely N-dealkylation sites (tertiary alicyclic amines) is 1. The third-order valence-corrected chi connectivity index (χ3v) is 7.16. The number of carbonyl (C=O) groups excluding carboxylic acids is 1. The van der Waals surface area contributed by atoms with Crippen molar-refractivity contribution in [1.29, 1.82) is 0 Å². The zero-order chi connectivity index (χ0) is 22.3. The smallest absolute Gasteiger partial charge is 0.328 e. The van der Waals surface area contributed by atoms with Gasteiger partial charge in [0.2, 0.25) is 0 Å². The van der Waals surface area contributed by atoms with Crippen LogP contribution < -0.4 is 10.2 Å². The number of amidine groups is 1. The summed E-state index contributed by atoms with van der Waals surface area (Å²) in [6.07, 6.45) is 7.66. The molecule has 0 bridgehead atoms. The van der Waals surface area contributed by atoms with Crippen LogP contribution >= 0.6 is 0 Å². The van der Waals surface area contributed by atoms with E-state index in [0.29, 0.717) is 18.7 Å². The number of urea groups is 1. The minimum atomic E-state index is -0.704. The van der Waals surface area contributed by atoms with Gasteiger partial charge in [-0.1, -0.05) is 12.8 Å². The minimum Gasteiger partial charge on any atom is -0.353 e. The lowest BCUT2D eigenvalue weighted by Crippen LogP contribution is -2.57. The third-order valence-electron chi connectivity index (χ3n) is 7.16. The van der Waals surface area contributed by atoms with Crippen LogP contribution in [0.15, 0.2) is 41.5 Å². The highest BCUT2D eigenvalue weighted by atomic mass is 19.1. The van der Waals surface area contributed by atoms with Crippen molar-refractivity contribution >= 4 is 17.6 Å². The molecule has 1 spiro atoms. The van der Waals surface area contributed by atoms with Gasteiger partial charge in [0, 0.05) is 44.6 Å². The second kappa shape index (κ2) is 8.31. The zero-order valence-electron chi connectivity index (χ0n) is 18.4. The van der Waals surface area contributed by atoms with Gasteiger partial charge >= 0.3 is 6.03 Å². The van der Waals surface area contributed by atoms with Crippen LogP contribution in [0.25, 0.3) is 0 Å². The maximum atomic E-state index is 14.1. The van der Waals surface area contributed by atoms with Gasteiger partial charge in [-0.05, 0) is 49.9 Å². The number of rotatable bonds is 4. The summed E-state index contributed by atoms with van der Waals surface area (Å²) in [5, 5.41) is 2.97. The molecule has 0 radical (unpaired) electrons. The summed E-state index contributed by atoms with van der Waals surface area (Å²) < 4.78 is 30.2. The lowest BCUT2D eigenvalue weighted by atomic mass is 9.84. The van der Waals surface area contributed by atoms with Crippen LogP contribution in [-0.2, 0) is 13.6 Å². The van der Waals surface area contributed by atoms with Crippen molar-refractivity contribution in [2.45, 2.75) is 56.7 Å². The van der Waals surface area contributed by atoms with Crippen molar-refractivity contribution in [2.75, 3.05) is 18.0 Å². The first-order chi connectivity index (χ1) is 15.4. The molecule has 6 nitrogen and oxygen atoms in total. The molecule has 0 atom stereocenters. The number of hydrogen-bond donors (Lipinski definition) is 1. The van der Waals surface area contributed by atoms with Gasteiger partial charge in [-0.25, -0.2) is 13.6 Å². The minimum absolute atomic E-state index is 0.202. The molecule has 1 aliphatic carbocycles. The number of aryl methyl sites for hydroxylation is 1. The van der Waals surface area contributed by atoms with Gasteiger partial charge < -0.3 is 4.57 Å². The molecule has 2 amide bonds. The standard InChI is InChI=1S/C24H29F2N5O/c1-29-10-4-7-20(29)16-30-11-8-24(9-12-30)22(27-19-5-2-3-6-19)28-23(32)31(24)21-14-17(25)13-18(26)15-21/h4,7,10,13-15,19H,2-3,5-6,8-9,11-12,16H2,1H3,(H,27,28,32). The van der Waals surface area contributed by atoms with Gasteiger partial charge in [-0.2, -0.15) is 0 Å². The molecule has 0 unspecified atom stereocenters. The molecular weight excluding hydrogens is 412 g/mol. The molecule has 1 saturated carbocycles. The highest BCUT2D eigenvalue weighted by molar-refractivity contribution is 6.19. The Morgan fingerprint density at radius 2 is 1.81 bits per heavy atom. The number of carbonyl (C=O) groups is 1. The summed E-state index contributed by atoms with van der Waals surface area (Å²) in [5.74, 6) is -0.715. The molecule has 1 aromatic heterocycles. The SMILES string of the molecule is Cn1cccc1CN1CCC2(CC1)C(=NC1CCCC1)NC(=O)N2c1cc(F)cc(F)c1. The van der Waals surface area contributed by atoms with Crippen LogP contribution in [0.4, 0.5) is 19.3 Å². The molecule has 3 aliphatic rings. The third kappa shape index (κ3) is 3.81. The predicted molar refractivity (Wildman–Crippen MR) is 120 cm³/mol. The zero-order valence-corrected chi connectivity index (χ0v) is 18.4. The predicted octanol–water partition coefficient (Wildman–Crippen LogP) is 4.21. The Hall–Kier alpha value is -2.74. The Morgan fingerprint density at radius 3 is 2.44 bits per heavy atom. The van der Waals surface area contributed by atoms with E-state index < -0.39 is 17.2 Å². The number of benzene rings is 1. The summed E-state index contributed by atoms with van der Waals surface area (Å²) in [7, 11) is 2.03. The largest absolute Gasteiger partial charge is 0.353 e. The fraction of sp³-hybridized carbons (Fsp3) is 0.500. The second-order valence-corrected chi connectivity index (χ2v) is 9.23. The van der Waals surface area contributed by atoms with E-state index >= 15 is 0 Å². The molecule has 2 saturated heterocycles. The van der Waals surface area contributed by atoms with Crippen molar-refractivity contribution < 1.29 is 13.6 Å². The molecule has 3 fully saturated rings. The lowest BCUT2D eigenvalue weighted by Gasteiger charge is -2.43. The van der Waals surface area contributed by atoms with E-state index in [2.05, 4.69) is 20.9 Å². The first-order valence-electron chi connectivity index (χ1n) is 11.4. The number of nitrogens with one attached hydrogen (secondary N) is 1. The van der Waals surface area contributed by atoms with E-state index in [1.54, 1.807) is 4.90 Å². The van der Waals surface area contributed by atoms with Crippen molar-refractivity contribution in [1.82, 2.24) is 14.8 Å². The quantitative estimate of drug-likeness (QED) is 0.773. The summed E-state index contributed by atoms with van der Waals surface area (Å²) in [6, 6.07) is 7.29. The van der Waals surface area contributed by atoms with Crippen LogP contribution in [0.5, 0.6) is 0 Å².